The number of carbonyl (C=O) groups excluding carboxylic acids is 1. The number of nitrogens with two attached hydrogens (primary N) is 1. The highest BCUT2D eigenvalue weighted by molar-refractivity contribution is 7.92. The van der Waals surface area contributed by atoms with Gasteiger partial charge in [0.05, 0.1) is 0 Å². The minimum Gasteiger partial charge on any atom is -0.409 e. The molecule has 0 aliphatic carbocycles. The number of amidine groups is 1. The Kier molecular flexibility index (Phi) is 5.22. The number of oxime groups is 1. The number of rotatable bonds is 5. The average molecular weight is 251 g/mol. The summed E-state index contributed by atoms with van der Waals surface area (Å²) in [4.78, 5) is 11.4. The highest BCUT2D eigenvalue weighted by Gasteiger charge is 2.23. The van der Waals surface area contributed by atoms with Crippen LogP contribution in [0.15, 0.2) is 5.16 Å². The Bertz CT molecular complexity index is 377. The molecule has 4 N–H and O–H groups in total. The first-order valence-corrected chi connectivity index (χ1v) is 6.59. The molecule has 2 unspecified atom stereocenters. The topological polar surface area (TPSA) is 122 Å². The van der Waals surface area contributed by atoms with Crippen LogP contribution in [0.25, 0.3) is 0 Å². The van der Waals surface area contributed by atoms with E-state index < -0.39 is 21.0 Å². The van der Waals surface area contributed by atoms with E-state index >= 15 is 0 Å². The van der Waals surface area contributed by atoms with Crippen molar-refractivity contribution in [3.63, 3.8) is 0 Å². The lowest BCUT2D eigenvalue weighted by Gasteiger charge is -2.13. The molecule has 0 rings (SSSR count). The summed E-state index contributed by atoms with van der Waals surface area (Å²) in [5.74, 6) is -0.979. The van der Waals surface area contributed by atoms with E-state index in [0.717, 1.165) is 6.26 Å². The fourth-order valence-electron chi connectivity index (χ4n) is 0.795. The van der Waals surface area contributed by atoms with E-state index in [1.807, 2.05) is 0 Å². The lowest BCUT2D eigenvalue weighted by Crippen LogP contribution is -2.41. The van der Waals surface area contributed by atoms with Crippen molar-refractivity contribution in [3.8, 4) is 0 Å². The second-order valence-electron chi connectivity index (χ2n) is 3.64. The van der Waals surface area contributed by atoms with Crippen LogP contribution in [0.1, 0.15) is 13.8 Å². The molecule has 16 heavy (non-hydrogen) atoms. The van der Waals surface area contributed by atoms with Gasteiger partial charge in [0.1, 0.15) is 11.1 Å². The van der Waals surface area contributed by atoms with Crippen LogP contribution in [-0.4, -0.2) is 43.4 Å². The third kappa shape index (κ3) is 4.47. The van der Waals surface area contributed by atoms with Crippen molar-refractivity contribution >= 4 is 21.6 Å². The van der Waals surface area contributed by atoms with E-state index in [1.165, 1.54) is 6.92 Å². The summed E-state index contributed by atoms with van der Waals surface area (Å²) >= 11 is 0. The fourth-order valence-corrected chi connectivity index (χ4v) is 1.27. The highest BCUT2D eigenvalue weighted by Crippen LogP contribution is 1.99. The van der Waals surface area contributed by atoms with E-state index in [4.69, 9.17) is 10.9 Å². The normalized spacial score (nSPS) is 16.6. The van der Waals surface area contributed by atoms with Gasteiger partial charge in [-0.1, -0.05) is 12.1 Å². The second-order valence-corrected chi connectivity index (χ2v) is 6.01. The Morgan fingerprint density at radius 1 is 1.50 bits per heavy atom. The van der Waals surface area contributed by atoms with Gasteiger partial charge in [-0.25, -0.2) is 8.42 Å². The Morgan fingerprint density at radius 3 is 2.38 bits per heavy atom. The van der Waals surface area contributed by atoms with E-state index in [1.54, 1.807) is 6.92 Å². The van der Waals surface area contributed by atoms with Gasteiger partial charge in [0.25, 0.3) is 0 Å². The van der Waals surface area contributed by atoms with Gasteiger partial charge in [0.15, 0.2) is 9.84 Å². The zero-order valence-electron chi connectivity index (χ0n) is 9.47. The number of hydrogen-bond acceptors (Lipinski definition) is 5. The molecule has 0 saturated heterocycles. The SMILES string of the molecule is CC(CNC(=O)C(C)S(C)(=O)=O)C(N)=NO. The molecule has 0 heterocycles. The predicted octanol–water partition coefficient (Wildman–Crippen LogP) is -1.08. The van der Waals surface area contributed by atoms with Crippen molar-refractivity contribution in [1.29, 1.82) is 0 Å². The van der Waals surface area contributed by atoms with Gasteiger partial charge in [-0.3, -0.25) is 4.79 Å². The van der Waals surface area contributed by atoms with Crippen LogP contribution in [0.4, 0.5) is 0 Å². The van der Waals surface area contributed by atoms with Gasteiger partial charge in [0, 0.05) is 18.7 Å². The molecule has 1 amide bonds. The molecule has 0 aromatic carbocycles. The zero-order valence-corrected chi connectivity index (χ0v) is 10.3. The molecular weight excluding hydrogens is 234 g/mol. The molecule has 94 valence electrons. The number of amides is 1. The molecule has 8 heteroatoms. The van der Waals surface area contributed by atoms with Crippen molar-refractivity contribution in [2.75, 3.05) is 12.8 Å². The first-order valence-electron chi connectivity index (χ1n) is 4.64. The first kappa shape index (κ1) is 14.7. The summed E-state index contributed by atoms with van der Waals surface area (Å²) in [6, 6.07) is 0. The summed E-state index contributed by atoms with van der Waals surface area (Å²) in [6.45, 7) is 3.06. The van der Waals surface area contributed by atoms with E-state index in [2.05, 4.69) is 10.5 Å². The lowest BCUT2D eigenvalue weighted by atomic mass is 10.1. The van der Waals surface area contributed by atoms with E-state index in [9.17, 15) is 13.2 Å². The van der Waals surface area contributed by atoms with Crippen LogP contribution in [0, 0.1) is 5.92 Å². The molecule has 0 spiro atoms. The van der Waals surface area contributed by atoms with Crippen molar-refractivity contribution in [3.05, 3.63) is 0 Å². The van der Waals surface area contributed by atoms with Crippen LogP contribution in [0.3, 0.4) is 0 Å². The summed E-state index contributed by atoms with van der Waals surface area (Å²) < 4.78 is 22.1. The molecule has 0 saturated carbocycles. The van der Waals surface area contributed by atoms with Crippen LogP contribution < -0.4 is 11.1 Å². The second kappa shape index (κ2) is 5.69. The number of carbonyl (C=O) groups is 1. The minimum absolute atomic E-state index is 0.0210. The summed E-state index contributed by atoms with van der Waals surface area (Å²) in [6.07, 6.45) is 0.990. The summed E-state index contributed by atoms with van der Waals surface area (Å²) in [7, 11) is -3.40. The molecule has 7 nitrogen and oxygen atoms in total. The maximum absolute atomic E-state index is 11.4. The van der Waals surface area contributed by atoms with Gasteiger partial charge in [-0.2, -0.15) is 0 Å². The monoisotopic (exact) mass is 251 g/mol. The third-order valence-electron chi connectivity index (χ3n) is 2.21. The van der Waals surface area contributed by atoms with Crippen molar-refractivity contribution in [2.45, 2.75) is 19.1 Å². The summed E-state index contributed by atoms with van der Waals surface area (Å²) in [5.41, 5.74) is 5.30. The summed E-state index contributed by atoms with van der Waals surface area (Å²) in [5, 5.41) is 12.5. The Morgan fingerprint density at radius 2 is 2.00 bits per heavy atom. The molecule has 0 radical (unpaired) electrons. The highest BCUT2D eigenvalue weighted by atomic mass is 32.2. The van der Waals surface area contributed by atoms with Gasteiger partial charge in [-0.05, 0) is 6.92 Å². The maximum atomic E-state index is 11.4. The molecule has 0 aromatic heterocycles. The first-order chi connectivity index (χ1) is 7.20. The smallest absolute Gasteiger partial charge is 0.238 e. The van der Waals surface area contributed by atoms with Crippen molar-refractivity contribution in [2.24, 2.45) is 16.8 Å². The quantitative estimate of drug-likeness (QED) is 0.248. The molecule has 0 aliphatic heterocycles. The number of sulfone groups is 1. The van der Waals surface area contributed by atoms with Crippen molar-refractivity contribution < 1.29 is 18.4 Å². The Balaban J connectivity index is 4.30. The van der Waals surface area contributed by atoms with Gasteiger partial charge < -0.3 is 16.3 Å². The van der Waals surface area contributed by atoms with Crippen molar-refractivity contribution in [1.82, 2.24) is 5.32 Å². The molecule has 0 aromatic rings. The molecule has 0 fully saturated rings. The predicted molar refractivity (Wildman–Crippen MR) is 59.9 cm³/mol. The number of nitrogens with one attached hydrogen (secondary N) is 1. The third-order valence-corrected chi connectivity index (χ3v) is 3.71. The van der Waals surface area contributed by atoms with Gasteiger partial charge in [0.2, 0.25) is 5.91 Å². The molecule has 0 bridgehead atoms. The Labute approximate surface area is 94.6 Å². The van der Waals surface area contributed by atoms with Crippen LogP contribution in [-0.2, 0) is 14.6 Å². The zero-order chi connectivity index (χ0) is 12.9. The molecule has 0 aliphatic rings. The largest absolute Gasteiger partial charge is 0.409 e. The fraction of sp³-hybridized carbons (Fsp3) is 0.750. The van der Waals surface area contributed by atoms with Crippen LogP contribution in [0.2, 0.25) is 0 Å². The molecule has 2 atom stereocenters. The van der Waals surface area contributed by atoms with E-state index in [0.29, 0.717) is 0 Å². The van der Waals surface area contributed by atoms with Gasteiger partial charge in [-0.15, -0.1) is 0 Å². The van der Waals surface area contributed by atoms with E-state index in [-0.39, 0.29) is 18.3 Å². The molecular formula is C8H17N3O4S. The number of hydrogen-bond donors (Lipinski definition) is 3. The maximum Gasteiger partial charge on any atom is 0.238 e. The number of nitrogens with zero attached hydrogens (tertiary/aromatic N) is 1. The Hall–Kier alpha value is -1.31. The van der Waals surface area contributed by atoms with Gasteiger partial charge >= 0.3 is 0 Å². The van der Waals surface area contributed by atoms with Crippen LogP contribution >= 0.6 is 0 Å². The lowest BCUT2D eigenvalue weighted by molar-refractivity contribution is -0.120. The standard InChI is InChI=1S/C8H17N3O4S/c1-5(7(9)11-13)4-10-8(12)6(2)16(3,14)15/h5-6,13H,4H2,1-3H3,(H2,9,11)(H,10,12). The average Bonchev–Trinajstić information content (AvgIpc) is 2.21. The van der Waals surface area contributed by atoms with Crippen LogP contribution in [0.5, 0.6) is 0 Å². The minimum atomic E-state index is -3.40.